The SMILES string of the molecule is CN=C(NCCc1ncc(C)s1)NCC1CCCN1CCOC. The van der Waals surface area contributed by atoms with Crippen molar-refractivity contribution in [2.45, 2.75) is 32.2 Å². The Labute approximate surface area is 143 Å². The maximum atomic E-state index is 5.19. The van der Waals surface area contributed by atoms with Gasteiger partial charge in [0, 0.05) is 57.3 Å². The molecule has 130 valence electrons. The minimum atomic E-state index is 0.574. The fraction of sp³-hybridized carbons (Fsp3) is 0.750. The van der Waals surface area contributed by atoms with Crippen molar-refractivity contribution in [2.24, 2.45) is 4.99 Å². The number of rotatable bonds is 8. The second kappa shape index (κ2) is 9.85. The molecule has 2 N–H and O–H groups in total. The van der Waals surface area contributed by atoms with E-state index in [0.717, 1.165) is 38.6 Å². The van der Waals surface area contributed by atoms with Gasteiger partial charge in [-0.15, -0.1) is 11.3 Å². The van der Waals surface area contributed by atoms with Crippen LogP contribution >= 0.6 is 11.3 Å². The van der Waals surface area contributed by atoms with Gasteiger partial charge >= 0.3 is 0 Å². The molecule has 2 rings (SSSR count). The number of nitrogens with zero attached hydrogens (tertiary/aromatic N) is 3. The Kier molecular flexibility index (Phi) is 7.78. The number of ether oxygens (including phenoxy) is 1. The van der Waals surface area contributed by atoms with E-state index < -0.39 is 0 Å². The molecule has 1 aliphatic heterocycles. The average Bonchev–Trinajstić information content (AvgIpc) is 3.17. The van der Waals surface area contributed by atoms with Crippen molar-refractivity contribution in [2.75, 3.05) is 46.9 Å². The molecule has 1 aliphatic rings. The van der Waals surface area contributed by atoms with Crippen LogP contribution in [0.25, 0.3) is 0 Å². The van der Waals surface area contributed by atoms with E-state index in [1.807, 2.05) is 13.2 Å². The highest BCUT2D eigenvalue weighted by Crippen LogP contribution is 2.15. The normalized spacial score (nSPS) is 19.3. The van der Waals surface area contributed by atoms with Gasteiger partial charge in [0.2, 0.25) is 0 Å². The summed E-state index contributed by atoms with van der Waals surface area (Å²) in [6.45, 7) is 6.86. The van der Waals surface area contributed by atoms with Crippen molar-refractivity contribution in [3.05, 3.63) is 16.1 Å². The Morgan fingerprint density at radius 2 is 2.39 bits per heavy atom. The van der Waals surface area contributed by atoms with Gasteiger partial charge in [0.25, 0.3) is 0 Å². The molecule has 0 bridgehead atoms. The number of guanidine groups is 1. The molecule has 2 heterocycles. The molecule has 1 unspecified atom stereocenters. The monoisotopic (exact) mass is 339 g/mol. The number of hydrogen-bond acceptors (Lipinski definition) is 5. The van der Waals surface area contributed by atoms with E-state index in [1.54, 1.807) is 18.4 Å². The van der Waals surface area contributed by atoms with Gasteiger partial charge in [-0.2, -0.15) is 0 Å². The van der Waals surface area contributed by atoms with E-state index in [4.69, 9.17) is 4.74 Å². The summed E-state index contributed by atoms with van der Waals surface area (Å²) in [6.07, 6.45) is 5.38. The van der Waals surface area contributed by atoms with E-state index in [-0.39, 0.29) is 0 Å². The minimum Gasteiger partial charge on any atom is -0.383 e. The highest BCUT2D eigenvalue weighted by atomic mass is 32.1. The lowest BCUT2D eigenvalue weighted by Gasteiger charge is -2.25. The number of methoxy groups -OCH3 is 1. The number of aromatic nitrogens is 1. The molecule has 1 saturated heterocycles. The summed E-state index contributed by atoms with van der Waals surface area (Å²) in [6, 6.07) is 0.574. The summed E-state index contributed by atoms with van der Waals surface area (Å²) in [5.74, 6) is 0.872. The van der Waals surface area contributed by atoms with Crippen molar-refractivity contribution >= 4 is 17.3 Å². The van der Waals surface area contributed by atoms with E-state index in [9.17, 15) is 0 Å². The molecule has 1 aromatic rings. The van der Waals surface area contributed by atoms with Crippen molar-refractivity contribution in [3.63, 3.8) is 0 Å². The first kappa shape index (κ1) is 18.2. The first-order chi connectivity index (χ1) is 11.2. The summed E-state index contributed by atoms with van der Waals surface area (Å²) in [5.41, 5.74) is 0. The summed E-state index contributed by atoms with van der Waals surface area (Å²) in [4.78, 5) is 12.5. The number of aliphatic imine (C=N–C) groups is 1. The van der Waals surface area contributed by atoms with Gasteiger partial charge in [-0.05, 0) is 26.3 Å². The Hall–Kier alpha value is -1.18. The Morgan fingerprint density at radius 1 is 1.52 bits per heavy atom. The van der Waals surface area contributed by atoms with Crippen LogP contribution in [0.3, 0.4) is 0 Å². The molecule has 0 radical (unpaired) electrons. The summed E-state index contributed by atoms with van der Waals surface area (Å²) < 4.78 is 5.19. The topological polar surface area (TPSA) is 61.8 Å². The van der Waals surface area contributed by atoms with Crippen LogP contribution in [-0.4, -0.2) is 68.8 Å². The van der Waals surface area contributed by atoms with Gasteiger partial charge in [0.05, 0.1) is 11.6 Å². The van der Waals surface area contributed by atoms with Crippen LogP contribution in [0.4, 0.5) is 0 Å². The zero-order valence-corrected chi connectivity index (χ0v) is 15.3. The lowest BCUT2D eigenvalue weighted by Crippen LogP contribution is -2.45. The van der Waals surface area contributed by atoms with Crippen molar-refractivity contribution in [3.8, 4) is 0 Å². The number of aryl methyl sites for hydroxylation is 1. The lowest BCUT2D eigenvalue weighted by atomic mass is 10.2. The lowest BCUT2D eigenvalue weighted by molar-refractivity contribution is 0.141. The number of thiazole rings is 1. The smallest absolute Gasteiger partial charge is 0.191 e. The van der Waals surface area contributed by atoms with Gasteiger partial charge in [0.15, 0.2) is 5.96 Å². The standard InChI is InChI=1S/C16H29N5OS/c1-13-11-19-15(23-13)6-7-18-16(17-2)20-12-14-5-4-8-21(14)9-10-22-3/h11,14H,4-10,12H2,1-3H3,(H2,17,18,20). The van der Waals surface area contributed by atoms with Crippen LogP contribution in [0.1, 0.15) is 22.7 Å². The van der Waals surface area contributed by atoms with E-state index in [0.29, 0.717) is 6.04 Å². The minimum absolute atomic E-state index is 0.574. The van der Waals surface area contributed by atoms with Crippen LogP contribution in [0, 0.1) is 6.92 Å². The van der Waals surface area contributed by atoms with Gasteiger partial charge in [-0.3, -0.25) is 9.89 Å². The third-order valence-corrected chi connectivity index (χ3v) is 5.08. The van der Waals surface area contributed by atoms with E-state index in [1.165, 1.54) is 29.3 Å². The highest BCUT2D eigenvalue weighted by Gasteiger charge is 2.23. The Morgan fingerprint density at radius 3 is 3.09 bits per heavy atom. The average molecular weight is 340 g/mol. The van der Waals surface area contributed by atoms with Crippen molar-refractivity contribution in [1.82, 2.24) is 20.5 Å². The summed E-state index contributed by atoms with van der Waals surface area (Å²) in [7, 11) is 3.58. The molecule has 0 aromatic carbocycles. The second-order valence-electron chi connectivity index (χ2n) is 5.82. The first-order valence-corrected chi connectivity index (χ1v) is 9.13. The fourth-order valence-corrected chi connectivity index (χ4v) is 3.66. The molecule has 1 fully saturated rings. The maximum Gasteiger partial charge on any atom is 0.191 e. The van der Waals surface area contributed by atoms with E-state index in [2.05, 4.69) is 32.4 Å². The number of hydrogen-bond donors (Lipinski definition) is 2. The fourth-order valence-electron chi connectivity index (χ4n) is 2.87. The Balaban J connectivity index is 1.68. The zero-order valence-electron chi connectivity index (χ0n) is 14.5. The molecule has 1 aromatic heterocycles. The van der Waals surface area contributed by atoms with Crippen LogP contribution in [0.2, 0.25) is 0 Å². The van der Waals surface area contributed by atoms with Crippen LogP contribution in [0.15, 0.2) is 11.2 Å². The third kappa shape index (κ3) is 6.08. The summed E-state index contributed by atoms with van der Waals surface area (Å²) >= 11 is 1.76. The van der Waals surface area contributed by atoms with Gasteiger partial charge in [0.1, 0.15) is 0 Å². The van der Waals surface area contributed by atoms with Crippen molar-refractivity contribution < 1.29 is 4.74 Å². The third-order valence-electron chi connectivity index (χ3n) is 4.11. The highest BCUT2D eigenvalue weighted by molar-refractivity contribution is 7.11. The van der Waals surface area contributed by atoms with Gasteiger partial charge < -0.3 is 15.4 Å². The number of nitrogens with one attached hydrogen (secondary N) is 2. The molecule has 7 heteroatoms. The van der Waals surface area contributed by atoms with Crippen LogP contribution in [0.5, 0.6) is 0 Å². The molecule has 0 amide bonds. The van der Waals surface area contributed by atoms with Crippen molar-refractivity contribution in [1.29, 1.82) is 0 Å². The predicted molar refractivity (Wildman–Crippen MR) is 96.4 cm³/mol. The molecule has 6 nitrogen and oxygen atoms in total. The molecular formula is C16H29N5OS. The first-order valence-electron chi connectivity index (χ1n) is 8.31. The quantitative estimate of drug-likeness (QED) is 0.552. The maximum absolute atomic E-state index is 5.19. The Bertz CT molecular complexity index is 491. The molecular weight excluding hydrogens is 310 g/mol. The number of likely N-dealkylation sites (tertiary alicyclic amines) is 1. The summed E-state index contributed by atoms with van der Waals surface area (Å²) in [5, 5.41) is 7.99. The molecule has 1 atom stereocenters. The van der Waals surface area contributed by atoms with E-state index >= 15 is 0 Å². The van der Waals surface area contributed by atoms with Crippen LogP contribution in [-0.2, 0) is 11.2 Å². The predicted octanol–water partition coefficient (Wildman–Crippen LogP) is 1.27. The van der Waals surface area contributed by atoms with Gasteiger partial charge in [-0.25, -0.2) is 4.98 Å². The molecule has 0 saturated carbocycles. The van der Waals surface area contributed by atoms with Gasteiger partial charge in [-0.1, -0.05) is 0 Å². The van der Waals surface area contributed by atoms with Crippen LogP contribution < -0.4 is 10.6 Å². The second-order valence-corrected chi connectivity index (χ2v) is 7.14. The molecule has 23 heavy (non-hydrogen) atoms. The molecule has 0 spiro atoms. The largest absolute Gasteiger partial charge is 0.383 e. The zero-order chi connectivity index (χ0) is 16.5. The molecule has 0 aliphatic carbocycles.